The second kappa shape index (κ2) is 7.84. The molecule has 0 atom stereocenters. The molecule has 0 spiro atoms. The molecule has 0 unspecified atom stereocenters. The molecule has 0 bridgehead atoms. The molecule has 0 radical (unpaired) electrons. The summed E-state index contributed by atoms with van der Waals surface area (Å²) in [5.41, 5.74) is 0. The first kappa shape index (κ1) is 16.4. The Kier molecular flexibility index (Phi) is 6.44. The van der Waals surface area contributed by atoms with Crippen LogP contribution in [0, 0.1) is 0 Å². The van der Waals surface area contributed by atoms with Crippen LogP contribution in [0.3, 0.4) is 0 Å². The van der Waals surface area contributed by atoms with E-state index in [4.69, 9.17) is 0 Å². The molecule has 2 N–H and O–H groups in total. The van der Waals surface area contributed by atoms with E-state index in [0.717, 1.165) is 13.0 Å². The molecule has 7 heteroatoms. The quantitative estimate of drug-likeness (QED) is 0.735. The summed E-state index contributed by atoms with van der Waals surface area (Å²) < 4.78 is 0. The number of hydrogen-bond donors (Lipinski definition) is 2. The number of nitrogens with zero attached hydrogens (tertiary/aromatic N) is 5. The molecule has 0 fully saturated rings. The van der Waals surface area contributed by atoms with E-state index in [2.05, 4.69) is 27.2 Å². The lowest BCUT2D eigenvalue weighted by atomic mass is 10.3. The Morgan fingerprint density at radius 2 is 1.80 bits per heavy atom. The van der Waals surface area contributed by atoms with Gasteiger partial charge in [0.05, 0.1) is 6.61 Å². The Morgan fingerprint density at radius 3 is 2.30 bits per heavy atom. The molecule has 1 aromatic rings. The standard InChI is InChI=1S/C13H26N6O/c1-6-7-14-11-15-12(18(4)5)17-13(16-11)19(8-9-20)10(2)3/h10,20H,6-9H2,1-5H3,(H,14,15,16,17). The molecule has 0 saturated heterocycles. The molecule has 0 aromatic carbocycles. The van der Waals surface area contributed by atoms with Gasteiger partial charge in [0.25, 0.3) is 0 Å². The van der Waals surface area contributed by atoms with Crippen molar-refractivity contribution in [2.24, 2.45) is 0 Å². The number of aliphatic hydroxyl groups is 1. The fraction of sp³-hybridized carbons (Fsp3) is 0.769. The van der Waals surface area contributed by atoms with Crippen molar-refractivity contribution >= 4 is 17.8 Å². The molecular formula is C13H26N6O. The van der Waals surface area contributed by atoms with Crippen LogP contribution in [-0.2, 0) is 0 Å². The highest BCUT2D eigenvalue weighted by Gasteiger charge is 2.16. The van der Waals surface area contributed by atoms with E-state index >= 15 is 0 Å². The van der Waals surface area contributed by atoms with Crippen LogP contribution in [0.15, 0.2) is 0 Å². The summed E-state index contributed by atoms with van der Waals surface area (Å²) in [5.74, 6) is 1.77. The summed E-state index contributed by atoms with van der Waals surface area (Å²) in [6, 6.07) is 0.207. The SMILES string of the molecule is CCCNc1nc(N(C)C)nc(N(CCO)C(C)C)n1. The van der Waals surface area contributed by atoms with Gasteiger partial charge >= 0.3 is 0 Å². The smallest absolute Gasteiger partial charge is 0.232 e. The van der Waals surface area contributed by atoms with Crippen molar-refractivity contribution in [3.63, 3.8) is 0 Å². The van der Waals surface area contributed by atoms with Crippen LogP contribution in [0.25, 0.3) is 0 Å². The zero-order valence-corrected chi connectivity index (χ0v) is 13.1. The van der Waals surface area contributed by atoms with Crippen LogP contribution in [0.4, 0.5) is 17.8 Å². The largest absolute Gasteiger partial charge is 0.395 e. The lowest BCUT2D eigenvalue weighted by Crippen LogP contribution is -2.35. The van der Waals surface area contributed by atoms with Crippen LogP contribution in [-0.4, -0.2) is 59.9 Å². The number of anilines is 3. The Balaban J connectivity index is 3.11. The highest BCUT2D eigenvalue weighted by Crippen LogP contribution is 2.17. The summed E-state index contributed by atoms with van der Waals surface area (Å²) in [5, 5.41) is 12.4. The maximum absolute atomic E-state index is 9.20. The van der Waals surface area contributed by atoms with Crippen molar-refractivity contribution < 1.29 is 5.11 Å². The summed E-state index contributed by atoms with van der Waals surface area (Å²) in [4.78, 5) is 17.1. The van der Waals surface area contributed by atoms with Crippen LogP contribution >= 0.6 is 0 Å². The van der Waals surface area contributed by atoms with Gasteiger partial charge in [0.1, 0.15) is 0 Å². The van der Waals surface area contributed by atoms with Crippen molar-refractivity contribution in [3.05, 3.63) is 0 Å². The normalized spacial score (nSPS) is 10.8. The minimum atomic E-state index is 0.0683. The van der Waals surface area contributed by atoms with Crippen molar-refractivity contribution in [1.29, 1.82) is 0 Å². The van der Waals surface area contributed by atoms with Crippen LogP contribution in [0.2, 0.25) is 0 Å². The van der Waals surface area contributed by atoms with Gasteiger partial charge in [-0.05, 0) is 20.3 Å². The number of aliphatic hydroxyl groups excluding tert-OH is 1. The lowest BCUT2D eigenvalue weighted by Gasteiger charge is -2.27. The fourth-order valence-corrected chi connectivity index (χ4v) is 1.70. The molecule has 114 valence electrons. The first-order valence-electron chi connectivity index (χ1n) is 7.04. The monoisotopic (exact) mass is 282 g/mol. The third kappa shape index (κ3) is 4.48. The van der Waals surface area contributed by atoms with E-state index < -0.39 is 0 Å². The topological polar surface area (TPSA) is 77.4 Å². The Hall–Kier alpha value is -1.63. The molecule has 1 rings (SSSR count). The van der Waals surface area contributed by atoms with Crippen molar-refractivity contribution in [1.82, 2.24) is 15.0 Å². The van der Waals surface area contributed by atoms with Crippen LogP contribution < -0.4 is 15.1 Å². The second-order valence-electron chi connectivity index (χ2n) is 5.09. The van der Waals surface area contributed by atoms with E-state index in [1.165, 1.54) is 0 Å². The molecule has 1 aromatic heterocycles. The Morgan fingerprint density at radius 1 is 1.15 bits per heavy atom. The van der Waals surface area contributed by atoms with Gasteiger partial charge in [0.15, 0.2) is 0 Å². The minimum absolute atomic E-state index is 0.0683. The summed E-state index contributed by atoms with van der Waals surface area (Å²) in [6.07, 6.45) is 1.00. The number of rotatable bonds is 8. The molecule has 0 aliphatic carbocycles. The van der Waals surface area contributed by atoms with Crippen molar-refractivity contribution in [3.8, 4) is 0 Å². The number of nitrogens with one attached hydrogen (secondary N) is 1. The Labute approximate surface area is 121 Å². The third-order valence-corrected chi connectivity index (χ3v) is 2.77. The predicted molar refractivity (Wildman–Crippen MR) is 82.5 cm³/mol. The first-order valence-corrected chi connectivity index (χ1v) is 7.04. The fourth-order valence-electron chi connectivity index (χ4n) is 1.70. The molecular weight excluding hydrogens is 256 g/mol. The average molecular weight is 282 g/mol. The average Bonchev–Trinajstić information content (AvgIpc) is 2.41. The predicted octanol–water partition coefficient (Wildman–Crippen LogP) is 0.967. The minimum Gasteiger partial charge on any atom is -0.395 e. The van der Waals surface area contributed by atoms with E-state index in [-0.39, 0.29) is 12.6 Å². The molecule has 0 aliphatic heterocycles. The van der Waals surface area contributed by atoms with Crippen LogP contribution in [0.1, 0.15) is 27.2 Å². The lowest BCUT2D eigenvalue weighted by molar-refractivity contribution is 0.298. The van der Waals surface area contributed by atoms with E-state index in [0.29, 0.717) is 24.4 Å². The van der Waals surface area contributed by atoms with Gasteiger partial charge < -0.3 is 20.2 Å². The van der Waals surface area contributed by atoms with Gasteiger partial charge in [-0.1, -0.05) is 6.92 Å². The molecule has 0 amide bonds. The summed E-state index contributed by atoms with van der Waals surface area (Å²) in [6.45, 7) is 7.58. The number of hydrogen-bond acceptors (Lipinski definition) is 7. The summed E-state index contributed by atoms with van der Waals surface area (Å²) >= 11 is 0. The first-order chi connectivity index (χ1) is 9.49. The second-order valence-corrected chi connectivity index (χ2v) is 5.09. The molecule has 7 nitrogen and oxygen atoms in total. The summed E-state index contributed by atoms with van der Waals surface area (Å²) in [7, 11) is 3.79. The van der Waals surface area contributed by atoms with E-state index in [9.17, 15) is 5.11 Å². The Bertz CT molecular complexity index is 410. The van der Waals surface area contributed by atoms with Crippen molar-refractivity contribution in [2.75, 3.05) is 48.9 Å². The van der Waals surface area contributed by atoms with Crippen LogP contribution in [0.5, 0.6) is 0 Å². The molecule has 0 saturated carbocycles. The van der Waals surface area contributed by atoms with E-state index in [1.54, 1.807) is 0 Å². The van der Waals surface area contributed by atoms with Gasteiger partial charge in [0, 0.05) is 33.2 Å². The highest BCUT2D eigenvalue weighted by atomic mass is 16.3. The van der Waals surface area contributed by atoms with Gasteiger partial charge in [-0.3, -0.25) is 0 Å². The third-order valence-electron chi connectivity index (χ3n) is 2.77. The van der Waals surface area contributed by atoms with Gasteiger partial charge in [-0.25, -0.2) is 0 Å². The van der Waals surface area contributed by atoms with Gasteiger partial charge in [0.2, 0.25) is 17.8 Å². The molecule has 20 heavy (non-hydrogen) atoms. The van der Waals surface area contributed by atoms with Gasteiger partial charge in [-0.15, -0.1) is 0 Å². The highest BCUT2D eigenvalue weighted by molar-refractivity contribution is 5.45. The van der Waals surface area contributed by atoms with E-state index in [1.807, 2.05) is 37.7 Å². The maximum Gasteiger partial charge on any atom is 0.232 e. The zero-order valence-electron chi connectivity index (χ0n) is 13.1. The van der Waals surface area contributed by atoms with Crippen molar-refractivity contribution in [2.45, 2.75) is 33.2 Å². The molecule has 0 aliphatic rings. The van der Waals surface area contributed by atoms with Gasteiger partial charge in [-0.2, -0.15) is 15.0 Å². The molecule has 1 heterocycles. The zero-order chi connectivity index (χ0) is 15.1. The maximum atomic E-state index is 9.20. The number of aromatic nitrogens is 3.